The van der Waals surface area contributed by atoms with Gasteiger partial charge in [-0.25, -0.2) is 4.79 Å². The van der Waals surface area contributed by atoms with Crippen LogP contribution < -0.4 is 0 Å². The number of benzene rings is 1. The molecule has 1 unspecified atom stereocenters. The molecule has 19 heavy (non-hydrogen) atoms. The van der Waals surface area contributed by atoms with Gasteiger partial charge in [-0.1, -0.05) is 25.1 Å². The molecule has 0 aliphatic rings. The standard InChI is InChI=1S/C13H15F3O3/c1-2-6-19-11(12(17)18)8-9-4-3-5-10(7-9)13(14,15)16/h3-5,7,11H,2,6,8H2,1H3,(H,17,18). The molecule has 3 nitrogen and oxygen atoms in total. The Bertz CT molecular complexity index is 429. The molecule has 1 rings (SSSR count). The van der Waals surface area contributed by atoms with Crippen molar-refractivity contribution in [3.05, 3.63) is 35.4 Å². The number of alkyl halides is 3. The van der Waals surface area contributed by atoms with E-state index in [0.717, 1.165) is 12.1 Å². The van der Waals surface area contributed by atoms with Crippen molar-refractivity contribution in [3.8, 4) is 0 Å². The third-order valence-electron chi connectivity index (χ3n) is 2.47. The highest BCUT2D eigenvalue weighted by Gasteiger charge is 2.30. The van der Waals surface area contributed by atoms with Crippen molar-refractivity contribution in [1.29, 1.82) is 0 Å². The SMILES string of the molecule is CCCOC(Cc1cccc(C(F)(F)F)c1)C(=O)O. The number of hydrogen-bond acceptors (Lipinski definition) is 2. The molecule has 0 saturated carbocycles. The van der Waals surface area contributed by atoms with Crippen LogP contribution in [0.15, 0.2) is 24.3 Å². The molecular weight excluding hydrogens is 261 g/mol. The van der Waals surface area contributed by atoms with Gasteiger partial charge in [0.25, 0.3) is 0 Å². The van der Waals surface area contributed by atoms with Crippen molar-refractivity contribution >= 4 is 5.97 Å². The molecular formula is C13H15F3O3. The minimum Gasteiger partial charge on any atom is -0.479 e. The summed E-state index contributed by atoms with van der Waals surface area (Å²) in [7, 11) is 0. The van der Waals surface area contributed by atoms with Gasteiger partial charge in [-0.05, 0) is 18.1 Å². The Morgan fingerprint density at radius 1 is 1.42 bits per heavy atom. The van der Waals surface area contributed by atoms with Crippen LogP contribution in [0.5, 0.6) is 0 Å². The van der Waals surface area contributed by atoms with E-state index in [1.807, 2.05) is 6.92 Å². The molecule has 0 spiro atoms. The Morgan fingerprint density at radius 3 is 2.63 bits per heavy atom. The van der Waals surface area contributed by atoms with Crippen molar-refractivity contribution in [1.82, 2.24) is 0 Å². The van der Waals surface area contributed by atoms with E-state index in [1.165, 1.54) is 12.1 Å². The van der Waals surface area contributed by atoms with Gasteiger partial charge in [0, 0.05) is 13.0 Å². The monoisotopic (exact) mass is 276 g/mol. The number of hydrogen-bond donors (Lipinski definition) is 1. The van der Waals surface area contributed by atoms with E-state index in [-0.39, 0.29) is 13.0 Å². The molecule has 1 aromatic rings. The summed E-state index contributed by atoms with van der Waals surface area (Å²) < 4.78 is 42.7. The lowest BCUT2D eigenvalue weighted by Crippen LogP contribution is -2.26. The van der Waals surface area contributed by atoms with Crippen LogP contribution in [0.4, 0.5) is 13.2 Å². The average Bonchev–Trinajstić information content (AvgIpc) is 2.33. The molecule has 1 N–H and O–H groups in total. The fourth-order valence-corrected chi connectivity index (χ4v) is 1.57. The van der Waals surface area contributed by atoms with Gasteiger partial charge in [0.05, 0.1) is 5.56 Å². The minimum atomic E-state index is -4.43. The van der Waals surface area contributed by atoms with Gasteiger partial charge in [0.1, 0.15) is 0 Å². The van der Waals surface area contributed by atoms with Crippen LogP contribution in [0.2, 0.25) is 0 Å². The Labute approximate surface area is 109 Å². The lowest BCUT2D eigenvalue weighted by molar-refractivity contribution is -0.150. The van der Waals surface area contributed by atoms with Crippen molar-refractivity contribution in [2.75, 3.05) is 6.61 Å². The van der Waals surface area contributed by atoms with Gasteiger partial charge >= 0.3 is 12.1 Å². The van der Waals surface area contributed by atoms with E-state index >= 15 is 0 Å². The molecule has 0 bridgehead atoms. The van der Waals surface area contributed by atoms with Crippen LogP contribution in [-0.4, -0.2) is 23.8 Å². The molecule has 0 fully saturated rings. The zero-order chi connectivity index (χ0) is 14.5. The molecule has 0 radical (unpaired) electrons. The van der Waals surface area contributed by atoms with E-state index in [4.69, 9.17) is 9.84 Å². The van der Waals surface area contributed by atoms with Crippen molar-refractivity contribution in [2.45, 2.75) is 32.0 Å². The Kier molecular flexibility index (Phi) is 5.35. The predicted molar refractivity (Wildman–Crippen MR) is 62.8 cm³/mol. The first-order valence-corrected chi connectivity index (χ1v) is 5.85. The highest BCUT2D eigenvalue weighted by atomic mass is 19.4. The fourth-order valence-electron chi connectivity index (χ4n) is 1.57. The Hall–Kier alpha value is -1.56. The first kappa shape index (κ1) is 15.5. The molecule has 1 aromatic carbocycles. The predicted octanol–water partition coefficient (Wildman–Crippen LogP) is 3.13. The van der Waals surface area contributed by atoms with Crippen molar-refractivity contribution in [2.24, 2.45) is 0 Å². The molecule has 106 valence electrons. The van der Waals surface area contributed by atoms with E-state index < -0.39 is 23.8 Å². The summed E-state index contributed by atoms with van der Waals surface area (Å²) in [5.74, 6) is -1.18. The van der Waals surface area contributed by atoms with E-state index in [0.29, 0.717) is 12.0 Å². The molecule has 6 heteroatoms. The van der Waals surface area contributed by atoms with Crippen LogP contribution in [0.25, 0.3) is 0 Å². The second-order valence-corrected chi connectivity index (χ2v) is 4.10. The normalized spacial score (nSPS) is 13.3. The zero-order valence-electron chi connectivity index (χ0n) is 10.4. The van der Waals surface area contributed by atoms with Gasteiger partial charge in [-0.15, -0.1) is 0 Å². The average molecular weight is 276 g/mol. The second kappa shape index (κ2) is 6.56. The highest BCUT2D eigenvalue weighted by molar-refractivity contribution is 5.72. The summed E-state index contributed by atoms with van der Waals surface area (Å²) in [4.78, 5) is 10.9. The second-order valence-electron chi connectivity index (χ2n) is 4.10. The van der Waals surface area contributed by atoms with Crippen LogP contribution in [0.3, 0.4) is 0 Å². The minimum absolute atomic E-state index is 0.0841. The summed E-state index contributed by atoms with van der Waals surface area (Å²) in [6, 6.07) is 4.62. The molecule has 1 atom stereocenters. The Balaban J connectivity index is 2.82. The quantitative estimate of drug-likeness (QED) is 0.868. The summed E-state index contributed by atoms with van der Waals surface area (Å²) in [5.41, 5.74) is -0.497. The zero-order valence-corrected chi connectivity index (χ0v) is 10.4. The number of carboxylic acids is 1. The van der Waals surface area contributed by atoms with Crippen LogP contribution >= 0.6 is 0 Å². The van der Waals surface area contributed by atoms with Crippen molar-refractivity contribution < 1.29 is 27.8 Å². The number of aliphatic carboxylic acids is 1. The third kappa shape index (κ3) is 4.90. The molecule has 0 amide bonds. The van der Waals surface area contributed by atoms with E-state index in [2.05, 4.69) is 0 Å². The molecule has 0 aromatic heterocycles. The summed E-state index contributed by atoms with van der Waals surface area (Å²) in [5, 5.41) is 8.94. The van der Waals surface area contributed by atoms with Gasteiger partial charge in [0.2, 0.25) is 0 Å². The topological polar surface area (TPSA) is 46.5 Å². The van der Waals surface area contributed by atoms with Gasteiger partial charge < -0.3 is 9.84 Å². The van der Waals surface area contributed by atoms with Gasteiger partial charge in [0.15, 0.2) is 6.10 Å². The lowest BCUT2D eigenvalue weighted by atomic mass is 10.0. The number of rotatable bonds is 6. The molecule has 0 aliphatic carbocycles. The van der Waals surface area contributed by atoms with E-state index in [1.54, 1.807) is 0 Å². The first-order chi connectivity index (χ1) is 8.84. The maximum absolute atomic E-state index is 12.5. The fraction of sp³-hybridized carbons (Fsp3) is 0.462. The maximum atomic E-state index is 12.5. The third-order valence-corrected chi connectivity index (χ3v) is 2.47. The van der Waals surface area contributed by atoms with E-state index in [9.17, 15) is 18.0 Å². The number of halogens is 3. The lowest BCUT2D eigenvalue weighted by Gasteiger charge is -2.14. The summed E-state index contributed by atoms with van der Waals surface area (Å²) in [6.45, 7) is 2.08. The van der Waals surface area contributed by atoms with Gasteiger partial charge in [-0.3, -0.25) is 0 Å². The molecule has 0 saturated heterocycles. The molecule has 0 heterocycles. The molecule has 0 aliphatic heterocycles. The number of carboxylic acid groups (broad SMARTS) is 1. The first-order valence-electron chi connectivity index (χ1n) is 5.85. The maximum Gasteiger partial charge on any atom is 0.416 e. The van der Waals surface area contributed by atoms with Crippen molar-refractivity contribution in [3.63, 3.8) is 0 Å². The Morgan fingerprint density at radius 2 is 2.11 bits per heavy atom. The highest BCUT2D eigenvalue weighted by Crippen LogP contribution is 2.29. The summed E-state index contributed by atoms with van der Waals surface area (Å²) >= 11 is 0. The van der Waals surface area contributed by atoms with Crippen LogP contribution in [-0.2, 0) is 22.1 Å². The van der Waals surface area contributed by atoms with Crippen LogP contribution in [0.1, 0.15) is 24.5 Å². The number of ether oxygens (including phenoxy) is 1. The summed E-state index contributed by atoms with van der Waals surface area (Å²) in [6.07, 6.45) is -4.99. The van der Waals surface area contributed by atoms with Gasteiger partial charge in [-0.2, -0.15) is 13.2 Å². The smallest absolute Gasteiger partial charge is 0.416 e. The largest absolute Gasteiger partial charge is 0.479 e. The number of carbonyl (C=O) groups is 1. The van der Waals surface area contributed by atoms with Crippen LogP contribution in [0, 0.1) is 0 Å².